The van der Waals surface area contributed by atoms with Crippen molar-refractivity contribution >= 4 is 11.6 Å². The topological polar surface area (TPSA) is 41.5 Å². The van der Waals surface area contributed by atoms with E-state index in [0.29, 0.717) is 12.3 Å². The van der Waals surface area contributed by atoms with Crippen molar-refractivity contribution in [3.05, 3.63) is 0 Å². The van der Waals surface area contributed by atoms with E-state index >= 15 is 0 Å². The molecule has 0 saturated heterocycles. The molecule has 0 saturated carbocycles. The van der Waals surface area contributed by atoms with Gasteiger partial charge in [0.2, 0.25) is 5.91 Å². The lowest BCUT2D eigenvalue weighted by Crippen LogP contribution is -2.19. The van der Waals surface area contributed by atoms with Gasteiger partial charge in [-0.05, 0) is 19.3 Å². The van der Waals surface area contributed by atoms with Gasteiger partial charge in [-0.2, -0.15) is 5.10 Å². The monoisotopic (exact) mass is 282 g/mol. The molecule has 0 aromatic heterocycles. The molecule has 0 rings (SSSR count). The average molecular weight is 282 g/mol. The molecule has 0 aliphatic heterocycles. The van der Waals surface area contributed by atoms with E-state index in [9.17, 15) is 4.79 Å². The van der Waals surface area contributed by atoms with Gasteiger partial charge < -0.3 is 0 Å². The summed E-state index contributed by atoms with van der Waals surface area (Å²) in [5.74, 6) is 0.441. The first-order valence-electron chi connectivity index (χ1n) is 8.41. The largest absolute Gasteiger partial charge is 0.273 e. The average Bonchev–Trinajstić information content (AvgIpc) is 2.42. The summed E-state index contributed by atoms with van der Waals surface area (Å²) < 4.78 is 0. The van der Waals surface area contributed by atoms with Gasteiger partial charge in [-0.1, -0.05) is 72.1 Å². The second-order valence-corrected chi connectivity index (χ2v) is 6.02. The highest BCUT2D eigenvalue weighted by atomic mass is 16.2. The van der Waals surface area contributed by atoms with E-state index in [0.717, 1.165) is 18.6 Å². The molecule has 0 spiro atoms. The summed E-state index contributed by atoms with van der Waals surface area (Å²) in [5.41, 5.74) is 3.62. The quantitative estimate of drug-likeness (QED) is 0.303. The Bertz CT molecular complexity index is 272. The number of hydrogen-bond donors (Lipinski definition) is 1. The van der Waals surface area contributed by atoms with Crippen molar-refractivity contribution in [2.24, 2.45) is 11.0 Å². The van der Waals surface area contributed by atoms with Gasteiger partial charge in [-0.15, -0.1) is 0 Å². The van der Waals surface area contributed by atoms with E-state index in [1.165, 1.54) is 44.9 Å². The number of carbonyl (C=O) groups excluding carboxylic acids is 1. The molecule has 118 valence electrons. The third-order valence-electron chi connectivity index (χ3n) is 3.70. The Labute approximate surface area is 125 Å². The zero-order valence-electron chi connectivity index (χ0n) is 14.0. The molecule has 0 radical (unpaired) electrons. The van der Waals surface area contributed by atoms with Gasteiger partial charge in [-0.3, -0.25) is 4.79 Å². The zero-order valence-corrected chi connectivity index (χ0v) is 14.0. The second-order valence-electron chi connectivity index (χ2n) is 6.02. The van der Waals surface area contributed by atoms with Crippen LogP contribution in [0.2, 0.25) is 0 Å². The number of nitrogens with zero attached hydrogens (tertiary/aromatic N) is 1. The van der Waals surface area contributed by atoms with Crippen molar-refractivity contribution in [3.8, 4) is 0 Å². The van der Waals surface area contributed by atoms with Crippen LogP contribution in [0.5, 0.6) is 0 Å². The van der Waals surface area contributed by atoms with Crippen LogP contribution in [0.3, 0.4) is 0 Å². The maximum atomic E-state index is 11.6. The molecule has 0 unspecified atom stereocenters. The van der Waals surface area contributed by atoms with Gasteiger partial charge >= 0.3 is 0 Å². The highest BCUT2D eigenvalue weighted by molar-refractivity contribution is 5.85. The summed E-state index contributed by atoms with van der Waals surface area (Å²) in [6, 6.07) is 0. The van der Waals surface area contributed by atoms with Crippen LogP contribution in [0.15, 0.2) is 5.10 Å². The first-order valence-corrected chi connectivity index (χ1v) is 8.41. The summed E-state index contributed by atoms with van der Waals surface area (Å²) in [5, 5.41) is 4.10. The standard InChI is InChI=1S/C17H34N2O/c1-5-6-7-8-9-10-11-12-13-14-17(20)19-18-16(4)15(2)3/h15H,5-14H2,1-4H3,(H,19,20). The first kappa shape index (κ1) is 19.1. The molecular formula is C17H34N2O. The number of carbonyl (C=O) groups is 1. The van der Waals surface area contributed by atoms with Crippen LogP contribution in [0.4, 0.5) is 0 Å². The fourth-order valence-corrected chi connectivity index (χ4v) is 1.93. The second kappa shape index (κ2) is 13.1. The number of rotatable bonds is 12. The van der Waals surface area contributed by atoms with Crippen LogP contribution in [-0.2, 0) is 4.79 Å². The van der Waals surface area contributed by atoms with Gasteiger partial charge in [0.25, 0.3) is 0 Å². The highest BCUT2D eigenvalue weighted by Crippen LogP contribution is 2.10. The Morgan fingerprint density at radius 3 is 1.95 bits per heavy atom. The SMILES string of the molecule is CCCCCCCCCCCC(=O)NN=C(C)C(C)C. The van der Waals surface area contributed by atoms with E-state index in [4.69, 9.17) is 0 Å². The van der Waals surface area contributed by atoms with Crippen molar-refractivity contribution < 1.29 is 4.79 Å². The van der Waals surface area contributed by atoms with Crippen molar-refractivity contribution in [3.63, 3.8) is 0 Å². The smallest absolute Gasteiger partial charge is 0.240 e. The number of hydrogen-bond acceptors (Lipinski definition) is 2. The molecule has 0 aromatic rings. The Balaban J connectivity index is 3.38. The molecule has 0 aromatic carbocycles. The van der Waals surface area contributed by atoms with Crippen molar-refractivity contribution in [2.75, 3.05) is 0 Å². The number of hydrazone groups is 1. The molecule has 3 heteroatoms. The molecule has 1 N–H and O–H groups in total. The molecular weight excluding hydrogens is 248 g/mol. The Morgan fingerprint density at radius 1 is 0.950 bits per heavy atom. The molecule has 0 atom stereocenters. The minimum Gasteiger partial charge on any atom is -0.273 e. The van der Waals surface area contributed by atoms with Crippen molar-refractivity contribution in [2.45, 2.75) is 91.9 Å². The highest BCUT2D eigenvalue weighted by Gasteiger charge is 2.02. The Hall–Kier alpha value is -0.860. The fraction of sp³-hybridized carbons (Fsp3) is 0.882. The minimum atomic E-state index is 0.0490. The van der Waals surface area contributed by atoms with Gasteiger partial charge in [0, 0.05) is 12.1 Å². The van der Waals surface area contributed by atoms with Crippen LogP contribution in [0, 0.1) is 5.92 Å². The summed E-state index contributed by atoms with van der Waals surface area (Å²) >= 11 is 0. The normalized spacial score (nSPS) is 11.9. The van der Waals surface area contributed by atoms with Crippen LogP contribution < -0.4 is 5.43 Å². The van der Waals surface area contributed by atoms with Crippen molar-refractivity contribution in [1.29, 1.82) is 0 Å². The van der Waals surface area contributed by atoms with E-state index in [1.54, 1.807) is 0 Å². The maximum absolute atomic E-state index is 11.6. The number of amides is 1. The predicted octanol–water partition coefficient (Wildman–Crippen LogP) is 5.06. The lowest BCUT2D eigenvalue weighted by atomic mass is 10.1. The fourth-order valence-electron chi connectivity index (χ4n) is 1.93. The van der Waals surface area contributed by atoms with E-state index in [2.05, 4.69) is 31.3 Å². The molecule has 20 heavy (non-hydrogen) atoms. The van der Waals surface area contributed by atoms with Crippen molar-refractivity contribution in [1.82, 2.24) is 5.43 Å². The van der Waals surface area contributed by atoms with E-state index in [1.807, 2.05) is 6.92 Å². The minimum absolute atomic E-state index is 0.0490. The van der Waals surface area contributed by atoms with Crippen LogP contribution in [0.1, 0.15) is 91.9 Å². The summed E-state index contributed by atoms with van der Waals surface area (Å²) in [4.78, 5) is 11.6. The maximum Gasteiger partial charge on any atom is 0.240 e. The van der Waals surface area contributed by atoms with Gasteiger partial charge in [0.05, 0.1) is 0 Å². The van der Waals surface area contributed by atoms with Gasteiger partial charge in [-0.25, -0.2) is 5.43 Å². The van der Waals surface area contributed by atoms with Crippen LogP contribution >= 0.6 is 0 Å². The Morgan fingerprint density at radius 2 is 1.45 bits per heavy atom. The third kappa shape index (κ3) is 12.2. The Kier molecular flexibility index (Phi) is 12.6. The van der Waals surface area contributed by atoms with Gasteiger partial charge in [0.1, 0.15) is 0 Å². The third-order valence-corrected chi connectivity index (χ3v) is 3.70. The molecule has 0 heterocycles. The number of nitrogens with one attached hydrogen (secondary N) is 1. The first-order chi connectivity index (χ1) is 9.57. The number of unbranched alkanes of at least 4 members (excludes halogenated alkanes) is 8. The zero-order chi connectivity index (χ0) is 15.2. The van der Waals surface area contributed by atoms with Gasteiger partial charge in [0.15, 0.2) is 0 Å². The molecule has 3 nitrogen and oxygen atoms in total. The molecule has 0 aliphatic carbocycles. The summed E-state index contributed by atoms with van der Waals surface area (Å²) in [7, 11) is 0. The molecule has 0 aliphatic rings. The van der Waals surface area contributed by atoms with Crippen LogP contribution in [-0.4, -0.2) is 11.6 Å². The lowest BCUT2D eigenvalue weighted by Gasteiger charge is -2.05. The summed E-state index contributed by atoms with van der Waals surface area (Å²) in [6.45, 7) is 8.35. The van der Waals surface area contributed by atoms with E-state index < -0.39 is 0 Å². The molecule has 1 amide bonds. The predicted molar refractivity (Wildman–Crippen MR) is 87.9 cm³/mol. The molecule has 0 bridgehead atoms. The summed E-state index contributed by atoms with van der Waals surface area (Å²) in [6.07, 6.45) is 12.1. The van der Waals surface area contributed by atoms with Crippen LogP contribution in [0.25, 0.3) is 0 Å². The molecule has 0 fully saturated rings. The lowest BCUT2D eigenvalue weighted by molar-refractivity contribution is -0.121. The van der Waals surface area contributed by atoms with E-state index in [-0.39, 0.29) is 5.91 Å².